The molecule has 11 heavy (non-hydrogen) atoms. The van der Waals surface area contributed by atoms with Crippen LogP contribution in [-0.4, -0.2) is 18.5 Å². The first kappa shape index (κ1) is 7.29. The number of ketones is 1. The van der Waals surface area contributed by atoms with E-state index in [2.05, 4.69) is 0 Å². The minimum atomic E-state index is 0.330. The van der Waals surface area contributed by atoms with E-state index in [9.17, 15) is 4.79 Å². The van der Waals surface area contributed by atoms with Crippen LogP contribution < -0.4 is 0 Å². The molecule has 62 valence electrons. The minimum Gasteiger partial charge on any atom is -0.370 e. The van der Waals surface area contributed by atoms with Crippen LogP contribution in [0, 0.1) is 5.92 Å². The molecule has 0 amide bonds. The second-order valence-electron chi connectivity index (χ2n) is 3.60. The Morgan fingerprint density at radius 3 is 2.45 bits per heavy atom. The van der Waals surface area contributed by atoms with Crippen molar-refractivity contribution in [3.63, 3.8) is 0 Å². The first-order chi connectivity index (χ1) is 5.36. The Bertz CT molecular complexity index is 157. The maximum atomic E-state index is 11.1. The van der Waals surface area contributed by atoms with E-state index in [1.807, 2.05) is 0 Å². The van der Waals surface area contributed by atoms with Gasteiger partial charge in [0.25, 0.3) is 0 Å². The summed E-state index contributed by atoms with van der Waals surface area (Å²) < 4.78 is 5.39. The molecule has 0 radical (unpaired) electrons. The van der Waals surface area contributed by atoms with Gasteiger partial charge >= 0.3 is 0 Å². The Balaban J connectivity index is 1.60. The van der Waals surface area contributed by atoms with Crippen molar-refractivity contribution in [2.75, 3.05) is 6.61 Å². The lowest BCUT2D eigenvalue weighted by Crippen LogP contribution is -2.25. The highest BCUT2D eigenvalue weighted by molar-refractivity contribution is 5.84. The third kappa shape index (κ3) is 1.80. The van der Waals surface area contributed by atoms with Crippen LogP contribution in [0.25, 0.3) is 0 Å². The lowest BCUT2D eigenvalue weighted by molar-refractivity contribution is -0.128. The summed E-state index contributed by atoms with van der Waals surface area (Å²) in [6.07, 6.45) is 6.23. The van der Waals surface area contributed by atoms with Crippen molar-refractivity contribution >= 4 is 5.78 Å². The number of Topliss-reactive ketones (excluding diaryl/α,β-unsaturated/α-hetero) is 1. The fourth-order valence-corrected chi connectivity index (χ4v) is 1.26. The van der Waals surface area contributed by atoms with Crippen molar-refractivity contribution in [2.24, 2.45) is 5.92 Å². The van der Waals surface area contributed by atoms with E-state index in [1.165, 1.54) is 6.42 Å². The molecule has 0 unspecified atom stereocenters. The minimum absolute atomic E-state index is 0.330. The molecule has 2 rings (SSSR count). The molecule has 0 atom stereocenters. The average Bonchev–Trinajstić information content (AvgIpc) is 2.64. The van der Waals surface area contributed by atoms with E-state index in [-0.39, 0.29) is 0 Å². The molecule has 0 saturated heterocycles. The number of carbonyl (C=O) groups excluding carboxylic acids is 1. The maximum absolute atomic E-state index is 11.1. The highest BCUT2D eigenvalue weighted by Gasteiger charge is 2.30. The second kappa shape index (κ2) is 2.94. The van der Waals surface area contributed by atoms with Crippen LogP contribution in [0.1, 0.15) is 32.1 Å². The molecule has 0 aromatic heterocycles. The molecule has 2 saturated carbocycles. The van der Waals surface area contributed by atoms with Crippen LogP contribution in [0.4, 0.5) is 0 Å². The van der Waals surface area contributed by atoms with E-state index in [4.69, 9.17) is 4.74 Å². The monoisotopic (exact) mass is 154 g/mol. The SMILES string of the molecule is O=C(COC1CCC1)C1CC1. The molecule has 0 N–H and O–H groups in total. The topological polar surface area (TPSA) is 26.3 Å². The van der Waals surface area contributed by atoms with Gasteiger partial charge in [0.1, 0.15) is 6.61 Å². The molecule has 0 aromatic carbocycles. The number of carbonyl (C=O) groups is 1. The molecule has 0 heterocycles. The summed E-state index contributed by atoms with van der Waals surface area (Å²) in [5.41, 5.74) is 0. The first-order valence-electron chi connectivity index (χ1n) is 4.50. The van der Waals surface area contributed by atoms with Gasteiger partial charge < -0.3 is 4.74 Å². The van der Waals surface area contributed by atoms with Gasteiger partial charge in [-0.05, 0) is 32.1 Å². The van der Waals surface area contributed by atoms with Gasteiger partial charge in [0, 0.05) is 5.92 Å². The second-order valence-corrected chi connectivity index (χ2v) is 3.60. The van der Waals surface area contributed by atoms with Gasteiger partial charge in [-0.25, -0.2) is 0 Å². The zero-order chi connectivity index (χ0) is 7.68. The van der Waals surface area contributed by atoms with Crippen molar-refractivity contribution in [1.82, 2.24) is 0 Å². The summed E-state index contributed by atoms with van der Waals surface area (Å²) in [5.74, 6) is 0.701. The normalized spacial score (nSPS) is 24.7. The molecule has 0 aromatic rings. The van der Waals surface area contributed by atoms with Crippen LogP contribution in [-0.2, 0) is 9.53 Å². The molecular formula is C9H14O2. The van der Waals surface area contributed by atoms with Gasteiger partial charge in [-0.3, -0.25) is 4.79 Å². The van der Waals surface area contributed by atoms with E-state index < -0.39 is 0 Å². The van der Waals surface area contributed by atoms with Crippen LogP contribution in [0.2, 0.25) is 0 Å². The van der Waals surface area contributed by atoms with Gasteiger partial charge in [-0.1, -0.05) is 0 Å². The summed E-state index contributed by atoms with van der Waals surface area (Å²) in [6, 6.07) is 0. The van der Waals surface area contributed by atoms with Crippen molar-refractivity contribution in [2.45, 2.75) is 38.2 Å². The quantitative estimate of drug-likeness (QED) is 0.614. The fourth-order valence-electron chi connectivity index (χ4n) is 1.26. The van der Waals surface area contributed by atoms with E-state index in [0.717, 1.165) is 25.7 Å². The Labute approximate surface area is 66.9 Å². The molecule has 0 spiro atoms. The number of rotatable bonds is 4. The highest BCUT2D eigenvalue weighted by atomic mass is 16.5. The Morgan fingerprint density at radius 2 is 2.00 bits per heavy atom. The zero-order valence-electron chi connectivity index (χ0n) is 6.71. The predicted octanol–water partition coefficient (Wildman–Crippen LogP) is 1.53. The standard InChI is InChI=1S/C9H14O2/c10-9(7-4-5-7)6-11-8-2-1-3-8/h7-8H,1-6H2. The smallest absolute Gasteiger partial charge is 0.161 e. The lowest BCUT2D eigenvalue weighted by Gasteiger charge is -2.24. The van der Waals surface area contributed by atoms with Gasteiger partial charge in [0.05, 0.1) is 6.10 Å². The van der Waals surface area contributed by atoms with E-state index >= 15 is 0 Å². The van der Waals surface area contributed by atoms with Gasteiger partial charge in [0.2, 0.25) is 0 Å². The predicted molar refractivity (Wildman–Crippen MR) is 41.3 cm³/mol. The van der Waals surface area contributed by atoms with Crippen molar-refractivity contribution in [1.29, 1.82) is 0 Å². The van der Waals surface area contributed by atoms with E-state index in [0.29, 0.717) is 24.4 Å². The Kier molecular flexibility index (Phi) is 1.95. The summed E-state index contributed by atoms with van der Waals surface area (Å²) in [5, 5.41) is 0. The third-order valence-corrected chi connectivity index (χ3v) is 2.55. The molecule has 0 bridgehead atoms. The maximum Gasteiger partial charge on any atom is 0.161 e. The molecule has 2 nitrogen and oxygen atoms in total. The van der Waals surface area contributed by atoms with Crippen molar-refractivity contribution in [3.05, 3.63) is 0 Å². The summed E-state index contributed by atoms with van der Waals surface area (Å²) in [7, 11) is 0. The molecule has 2 fully saturated rings. The molecule has 0 aliphatic heterocycles. The van der Waals surface area contributed by atoms with Crippen LogP contribution >= 0.6 is 0 Å². The largest absolute Gasteiger partial charge is 0.370 e. The lowest BCUT2D eigenvalue weighted by atomic mass is 9.96. The summed E-state index contributed by atoms with van der Waals surface area (Å²) in [4.78, 5) is 11.1. The number of hydrogen-bond donors (Lipinski definition) is 0. The van der Waals surface area contributed by atoms with Crippen LogP contribution in [0.5, 0.6) is 0 Å². The van der Waals surface area contributed by atoms with Crippen molar-refractivity contribution < 1.29 is 9.53 Å². The molecular weight excluding hydrogens is 140 g/mol. The Morgan fingerprint density at radius 1 is 1.27 bits per heavy atom. The van der Waals surface area contributed by atoms with Gasteiger partial charge in [0.15, 0.2) is 5.78 Å². The average molecular weight is 154 g/mol. The zero-order valence-corrected chi connectivity index (χ0v) is 6.71. The van der Waals surface area contributed by atoms with Crippen LogP contribution in [0.3, 0.4) is 0 Å². The summed E-state index contributed by atoms with van der Waals surface area (Å²) in [6.45, 7) is 0.384. The van der Waals surface area contributed by atoms with Crippen molar-refractivity contribution in [3.8, 4) is 0 Å². The number of hydrogen-bond acceptors (Lipinski definition) is 2. The molecule has 2 heteroatoms. The molecule has 2 aliphatic carbocycles. The van der Waals surface area contributed by atoms with Crippen LogP contribution in [0.15, 0.2) is 0 Å². The highest BCUT2D eigenvalue weighted by Crippen LogP contribution is 2.30. The van der Waals surface area contributed by atoms with Gasteiger partial charge in [-0.15, -0.1) is 0 Å². The number of ether oxygens (including phenoxy) is 1. The fraction of sp³-hybridized carbons (Fsp3) is 0.889. The van der Waals surface area contributed by atoms with Gasteiger partial charge in [-0.2, -0.15) is 0 Å². The third-order valence-electron chi connectivity index (χ3n) is 2.55. The summed E-state index contributed by atoms with van der Waals surface area (Å²) >= 11 is 0. The Hall–Kier alpha value is -0.370. The molecule has 2 aliphatic rings. The van der Waals surface area contributed by atoms with E-state index in [1.54, 1.807) is 0 Å². The first-order valence-corrected chi connectivity index (χ1v) is 4.50.